The average Bonchev–Trinajstić information content (AvgIpc) is 2.75. The average molecular weight is 412 g/mol. The van der Waals surface area contributed by atoms with E-state index in [0.29, 0.717) is 23.7 Å². The van der Waals surface area contributed by atoms with Gasteiger partial charge in [0.25, 0.3) is 0 Å². The monoisotopic (exact) mass is 411 g/mol. The van der Waals surface area contributed by atoms with Crippen molar-refractivity contribution < 1.29 is 14.6 Å². The van der Waals surface area contributed by atoms with Gasteiger partial charge in [0.05, 0.1) is 7.11 Å². The Morgan fingerprint density at radius 2 is 1.67 bits per heavy atom. The second-order valence-corrected chi connectivity index (χ2v) is 7.83. The van der Waals surface area contributed by atoms with Gasteiger partial charge in [-0.15, -0.1) is 0 Å². The lowest BCUT2D eigenvalue weighted by Crippen LogP contribution is -2.30. The Bertz CT molecular complexity index is 825. The van der Waals surface area contributed by atoms with Crippen molar-refractivity contribution in [3.63, 3.8) is 0 Å². The zero-order chi connectivity index (χ0) is 22.1. The Hall–Kier alpha value is -2.30. The first kappa shape index (κ1) is 24.0. The molecule has 0 radical (unpaired) electrons. The highest BCUT2D eigenvalue weighted by Crippen LogP contribution is 2.35. The van der Waals surface area contributed by atoms with E-state index in [9.17, 15) is 5.11 Å². The highest BCUT2D eigenvalue weighted by molar-refractivity contribution is 5.70. The number of nitrogens with zero attached hydrogens (tertiary/aromatic N) is 1. The molecule has 1 unspecified atom stereocenters. The summed E-state index contributed by atoms with van der Waals surface area (Å²) in [5.74, 6) is 1.36. The Kier molecular flexibility index (Phi) is 9.41. The van der Waals surface area contributed by atoms with Gasteiger partial charge in [-0.2, -0.15) is 0 Å². The van der Waals surface area contributed by atoms with E-state index in [1.54, 1.807) is 7.11 Å². The molecule has 4 nitrogen and oxygen atoms in total. The van der Waals surface area contributed by atoms with Gasteiger partial charge in [0.1, 0.15) is 12.7 Å². The molecule has 2 aromatic carbocycles. The van der Waals surface area contributed by atoms with Gasteiger partial charge < -0.3 is 14.6 Å². The molecule has 4 heteroatoms. The van der Waals surface area contributed by atoms with Crippen LogP contribution in [0.25, 0.3) is 5.57 Å². The molecule has 0 saturated heterocycles. The van der Waals surface area contributed by atoms with Crippen molar-refractivity contribution in [3.8, 4) is 11.5 Å². The zero-order valence-electron chi connectivity index (χ0n) is 19.2. The van der Waals surface area contributed by atoms with Crippen LogP contribution >= 0.6 is 0 Å². The molecule has 0 saturated carbocycles. The van der Waals surface area contributed by atoms with Crippen LogP contribution in [0.1, 0.15) is 55.0 Å². The summed E-state index contributed by atoms with van der Waals surface area (Å²) in [7, 11) is 1.63. The molecule has 0 aliphatic rings. The fraction of sp³-hybridized carbons (Fsp3) is 0.462. The van der Waals surface area contributed by atoms with Crippen LogP contribution in [0.4, 0.5) is 0 Å². The Labute approximate surface area is 182 Å². The summed E-state index contributed by atoms with van der Waals surface area (Å²) in [6.45, 7) is 16.3. The van der Waals surface area contributed by atoms with Crippen LogP contribution in [-0.4, -0.2) is 43.4 Å². The number of hydrogen-bond donors (Lipinski definition) is 1. The molecule has 0 spiro atoms. The molecule has 0 aliphatic heterocycles. The second kappa shape index (κ2) is 11.8. The van der Waals surface area contributed by atoms with Crippen molar-refractivity contribution in [2.45, 2.75) is 46.6 Å². The fourth-order valence-corrected chi connectivity index (χ4v) is 3.53. The summed E-state index contributed by atoms with van der Waals surface area (Å²) in [4.78, 5) is 2.42. The van der Waals surface area contributed by atoms with Crippen molar-refractivity contribution >= 4 is 5.57 Å². The summed E-state index contributed by atoms with van der Waals surface area (Å²) in [5.41, 5.74) is 4.68. The quantitative estimate of drug-likeness (QED) is 0.496. The molecule has 0 heterocycles. The molecule has 164 valence electrons. The third kappa shape index (κ3) is 6.35. The Morgan fingerprint density at radius 1 is 0.967 bits per heavy atom. The number of methoxy groups -OCH3 is 1. The van der Waals surface area contributed by atoms with Crippen LogP contribution in [-0.2, 0) is 0 Å². The van der Waals surface area contributed by atoms with Crippen molar-refractivity contribution in [1.82, 2.24) is 4.90 Å². The van der Waals surface area contributed by atoms with Gasteiger partial charge in [0.2, 0.25) is 0 Å². The first-order valence-electron chi connectivity index (χ1n) is 10.9. The molecule has 2 aromatic rings. The standard InChI is InChI=1S/C26H37NO3/c1-7-13-27(14-8-2)15-16-30-24-12-11-22(18-25(24)29-6)21(5)26(28)23-10-9-19(3)20(4)17-23/h9-12,17-18,26,28H,5,7-8,13-16H2,1-4,6H3. The maximum Gasteiger partial charge on any atom is 0.161 e. The van der Waals surface area contributed by atoms with Crippen molar-refractivity contribution in [2.24, 2.45) is 0 Å². The predicted octanol–water partition coefficient (Wildman–Crippen LogP) is 5.56. The molecular weight excluding hydrogens is 374 g/mol. The van der Waals surface area contributed by atoms with E-state index in [1.165, 1.54) is 5.56 Å². The first-order chi connectivity index (χ1) is 14.4. The van der Waals surface area contributed by atoms with Crippen molar-refractivity contribution in [3.05, 3.63) is 65.2 Å². The van der Waals surface area contributed by atoms with E-state index >= 15 is 0 Å². The van der Waals surface area contributed by atoms with Crippen LogP contribution in [0.3, 0.4) is 0 Å². The van der Waals surface area contributed by atoms with E-state index in [1.807, 2.05) is 43.3 Å². The minimum atomic E-state index is -0.766. The topological polar surface area (TPSA) is 41.9 Å². The lowest BCUT2D eigenvalue weighted by molar-refractivity contribution is 0.204. The summed E-state index contributed by atoms with van der Waals surface area (Å²) in [5, 5.41) is 10.8. The molecule has 0 fully saturated rings. The predicted molar refractivity (Wildman–Crippen MR) is 125 cm³/mol. The molecule has 30 heavy (non-hydrogen) atoms. The molecule has 0 aromatic heterocycles. The van der Waals surface area contributed by atoms with Gasteiger partial charge in [-0.1, -0.05) is 44.7 Å². The molecule has 0 amide bonds. The SMILES string of the molecule is C=C(c1ccc(OCCN(CCC)CCC)c(OC)c1)C(O)c1ccc(C)c(C)c1. The summed E-state index contributed by atoms with van der Waals surface area (Å²) >= 11 is 0. The van der Waals surface area contributed by atoms with Gasteiger partial charge in [-0.05, 0) is 79.7 Å². The Morgan fingerprint density at radius 3 is 2.27 bits per heavy atom. The number of rotatable bonds is 12. The minimum Gasteiger partial charge on any atom is -0.493 e. The van der Waals surface area contributed by atoms with Gasteiger partial charge in [-0.25, -0.2) is 0 Å². The van der Waals surface area contributed by atoms with E-state index in [-0.39, 0.29) is 0 Å². The van der Waals surface area contributed by atoms with E-state index in [4.69, 9.17) is 9.47 Å². The number of aryl methyl sites for hydroxylation is 2. The van der Waals surface area contributed by atoms with Crippen LogP contribution < -0.4 is 9.47 Å². The molecular formula is C26H37NO3. The summed E-state index contributed by atoms with van der Waals surface area (Å²) in [6.07, 6.45) is 1.52. The molecule has 0 aliphatic carbocycles. The maximum absolute atomic E-state index is 10.8. The van der Waals surface area contributed by atoms with Crippen molar-refractivity contribution in [1.29, 1.82) is 0 Å². The second-order valence-electron chi connectivity index (χ2n) is 7.83. The molecule has 1 atom stereocenters. The third-order valence-corrected chi connectivity index (χ3v) is 5.46. The van der Waals surface area contributed by atoms with Gasteiger partial charge in [0, 0.05) is 6.54 Å². The molecule has 2 rings (SSSR count). The minimum absolute atomic E-state index is 0.613. The molecule has 1 N–H and O–H groups in total. The zero-order valence-corrected chi connectivity index (χ0v) is 19.2. The first-order valence-corrected chi connectivity index (χ1v) is 10.9. The molecule has 0 bridgehead atoms. The Balaban J connectivity index is 2.08. The lowest BCUT2D eigenvalue weighted by atomic mass is 9.94. The van der Waals surface area contributed by atoms with Crippen LogP contribution in [0.15, 0.2) is 43.0 Å². The highest BCUT2D eigenvalue weighted by Gasteiger charge is 2.16. The third-order valence-electron chi connectivity index (χ3n) is 5.46. The van der Waals surface area contributed by atoms with Gasteiger partial charge in [0.15, 0.2) is 11.5 Å². The van der Waals surface area contributed by atoms with E-state index in [2.05, 4.69) is 32.3 Å². The maximum atomic E-state index is 10.8. The van der Waals surface area contributed by atoms with Gasteiger partial charge in [-0.3, -0.25) is 4.90 Å². The number of ether oxygens (including phenoxy) is 2. The normalized spacial score (nSPS) is 12.1. The van der Waals surface area contributed by atoms with E-state index < -0.39 is 6.10 Å². The van der Waals surface area contributed by atoms with E-state index in [0.717, 1.165) is 49.2 Å². The van der Waals surface area contributed by atoms with Crippen LogP contribution in [0.5, 0.6) is 11.5 Å². The number of hydrogen-bond acceptors (Lipinski definition) is 4. The summed E-state index contributed by atoms with van der Waals surface area (Å²) < 4.78 is 11.5. The fourth-order valence-electron chi connectivity index (χ4n) is 3.53. The van der Waals surface area contributed by atoms with Crippen LogP contribution in [0, 0.1) is 13.8 Å². The smallest absolute Gasteiger partial charge is 0.161 e. The largest absolute Gasteiger partial charge is 0.493 e. The lowest BCUT2D eigenvalue weighted by Gasteiger charge is -2.21. The van der Waals surface area contributed by atoms with Crippen LogP contribution in [0.2, 0.25) is 0 Å². The van der Waals surface area contributed by atoms with Crippen molar-refractivity contribution in [2.75, 3.05) is 33.4 Å². The number of aliphatic hydroxyl groups excluding tert-OH is 1. The summed E-state index contributed by atoms with van der Waals surface area (Å²) in [6, 6.07) is 11.7. The number of benzene rings is 2. The highest BCUT2D eigenvalue weighted by atomic mass is 16.5. The number of aliphatic hydroxyl groups is 1. The van der Waals surface area contributed by atoms with Gasteiger partial charge >= 0.3 is 0 Å².